The Bertz CT molecular complexity index is 1450. The van der Waals surface area contributed by atoms with E-state index < -0.39 is 18.3 Å². The molecule has 0 radical (unpaired) electrons. The minimum Gasteiger partial charge on any atom is -0.456 e. The van der Waals surface area contributed by atoms with Gasteiger partial charge in [-0.2, -0.15) is 0 Å². The molecule has 5 heteroatoms. The van der Waals surface area contributed by atoms with Crippen molar-refractivity contribution in [2.24, 2.45) is 0 Å². The van der Waals surface area contributed by atoms with E-state index in [0.29, 0.717) is 0 Å². The maximum absolute atomic E-state index is 6.42. The van der Waals surface area contributed by atoms with Crippen molar-refractivity contribution < 1.29 is 13.7 Å². The highest BCUT2D eigenvalue weighted by Gasteiger charge is 2.52. The predicted molar refractivity (Wildman–Crippen MR) is 144 cm³/mol. The molecule has 35 heavy (non-hydrogen) atoms. The van der Waals surface area contributed by atoms with Gasteiger partial charge in [0.25, 0.3) is 0 Å². The SMILES string of the molecule is CC1(C)OB(c2cccc3oc4ccc(N(c5ccccc5)c5ccccc5)cc4c23)OC1(C)C. The third-order valence-electron chi connectivity index (χ3n) is 7.31. The summed E-state index contributed by atoms with van der Waals surface area (Å²) >= 11 is 0. The number of para-hydroxylation sites is 2. The second-order valence-corrected chi connectivity index (χ2v) is 10.1. The van der Waals surface area contributed by atoms with Gasteiger partial charge in [-0.25, -0.2) is 0 Å². The lowest BCUT2D eigenvalue weighted by Crippen LogP contribution is -2.41. The lowest BCUT2D eigenvalue weighted by atomic mass is 9.76. The van der Waals surface area contributed by atoms with Crippen LogP contribution in [0.15, 0.2) is 101 Å². The van der Waals surface area contributed by atoms with Crippen LogP contribution in [0.2, 0.25) is 0 Å². The molecular weight excluding hydrogens is 433 g/mol. The molecule has 0 spiro atoms. The van der Waals surface area contributed by atoms with Gasteiger partial charge in [-0.05, 0) is 81.7 Å². The summed E-state index contributed by atoms with van der Waals surface area (Å²) in [5, 5.41) is 2.07. The molecule has 0 unspecified atom stereocenters. The summed E-state index contributed by atoms with van der Waals surface area (Å²) in [6.07, 6.45) is 0. The standard InChI is InChI=1S/C30H28BNO3/c1-29(2)30(3,4)35-31(34-29)25-16-11-17-27-28(25)24-20-23(18-19-26(24)33-27)32(21-12-7-5-8-13-21)22-14-9-6-10-15-22/h5-20H,1-4H3. The van der Waals surface area contributed by atoms with Gasteiger partial charge in [-0.3, -0.25) is 0 Å². The average Bonchev–Trinajstić information content (AvgIpc) is 3.33. The molecule has 1 aliphatic heterocycles. The van der Waals surface area contributed by atoms with Crippen LogP contribution in [0.5, 0.6) is 0 Å². The van der Waals surface area contributed by atoms with Crippen LogP contribution in [0.3, 0.4) is 0 Å². The number of furan rings is 1. The molecule has 0 atom stereocenters. The first-order valence-corrected chi connectivity index (χ1v) is 12.1. The van der Waals surface area contributed by atoms with E-state index in [1.54, 1.807) is 0 Å². The number of anilines is 3. The molecule has 4 aromatic carbocycles. The van der Waals surface area contributed by atoms with Gasteiger partial charge in [0.1, 0.15) is 11.2 Å². The molecule has 1 aromatic heterocycles. The number of hydrogen-bond acceptors (Lipinski definition) is 4. The predicted octanol–water partition coefficient (Wildman–Crippen LogP) is 7.36. The summed E-state index contributed by atoms with van der Waals surface area (Å²) in [7, 11) is -0.465. The minimum absolute atomic E-state index is 0.415. The second kappa shape index (κ2) is 8.01. The summed E-state index contributed by atoms with van der Waals surface area (Å²) in [4.78, 5) is 2.26. The van der Waals surface area contributed by atoms with Crippen molar-refractivity contribution in [3.8, 4) is 0 Å². The van der Waals surface area contributed by atoms with Crippen LogP contribution in [-0.4, -0.2) is 18.3 Å². The highest BCUT2D eigenvalue weighted by molar-refractivity contribution is 6.66. The van der Waals surface area contributed by atoms with E-state index in [9.17, 15) is 0 Å². The van der Waals surface area contributed by atoms with Crippen molar-refractivity contribution in [3.05, 3.63) is 97.1 Å². The van der Waals surface area contributed by atoms with Gasteiger partial charge in [0, 0.05) is 27.8 Å². The molecule has 1 saturated heterocycles. The number of benzene rings is 4. The zero-order valence-corrected chi connectivity index (χ0v) is 20.5. The van der Waals surface area contributed by atoms with Gasteiger partial charge in [-0.15, -0.1) is 0 Å². The highest BCUT2D eigenvalue weighted by atomic mass is 16.7. The van der Waals surface area contributed by atoms with Crippen molar-refractivity contribution in [3.63, 3.8) is 0 Å². The van der Waals surface area contributed by atoms with E-state index in [2.05, 4.69) is 105 Å². The third-order valence-corrected chi connectivity index (χ3v) is 7.31. The minimum atomic E-state index is -0.465. The fraction of sp³-hybridized carbons (Fsp3) is 0.200. The quantitative estimate of drug-likeness (QED) is 0.262. The Morgan fingerprint density at radius 2 is 1.20 bits per heavy atom. The third kappa shape index (κ3) is 3.63. The van der Waals surface area contributed by atoms with Crippen LogP contribution in [0.25, 0.3) is 21.9 Å². The van der Waals surface area contributed by atoms with Gasteiger partial charge in [0.05, 0.1) is 11.2 Å². The molecule has 0 bridgehead atoms. The van der Waals surface area contributed by atoms with Crippen molar-refractivity contribution in [1.82, 2.24) is 0 Å². The molecule has 5 aromatic rings. The molecule has 1 aliphatic rings. The van der Waals surface area contributed by atoms with E-state index in [4.69, 9.17) is 13.7 Å². The Labute approximate surface area is 206 Å². The van der Waals surface area contributed by atoms with Gasteiger partial charge < -0.3 is 18.6 Å². The molecule has 0 aliphatic carbocycles. The van der Waals surface area contributed by atoms with E-state index in [-0.39, 0.29) is 0 Å². The smallest absolute Gasteiger partial charge is 0.456 e. The van der Waals surface area contributed by atoms with Crippen LogP contribution in [0.1, 0.15) is 27.7 Å². The molecule has 4 nitrogen and oxygen atoms in total. The van der Waals surface area contributed by atoms with Gasteiger partial charge in [0.15, 0.2) is 0 Å². The first-order valence-electron chi connectivity index (χ1n) is 12.1. The molecule has 6 rings (SSSR count). The number of nitrogens with zero attached hydrogens (tertiary/aromatic N) is 1. The van der Waals surface area contributed by atoms with Crippen LogP contribution in [0, 0.1) is 0 Å². The fourth-order valence-corrected chi connectivity index (χ4v) is 4.75. The Morgan fingerprint density at radius 1 is 0.600 bits per heavy atom. The van der Waals surface area contributed by atoms with Gasteiger partial charge in [0.2, 0.25) is 0 Å². The van der Waals surface area contributed by atoms with Crippen LogP contribution >= 0.6 is 0 Å². The maximum Gasteiger partial charge on any atom is 0.495 e. The Hall–Kier alpha value is -3.54. The summed E-state index contributed by atoms with van der Waals surface area (Å²) in [6.45, 7) is 8.32. The van der Waals surface area contributed by atoms with Gasteiger partial charge in [-0.1, -0.05) is 48.5 Å². The monoisotopic (exact) mass is 461 g/mol. The normalized spacial score (nSPS) is 16.7. The van der Waals surface area contributed by atoms with E-state index in [0.717, 1.165) is 44.5 Å². The van der Waals surface area contributed by atoms with Crippen molar-refractivity contribution >= 4 is 51.6 Å². The molecular formula is C30H28BNO3. The molecule has 0 saturated carbocycles. The van der Waals surface area contributed by atoms with Crippen LogP contribution < -0.4 is 10.4 Å². The van der Waals surface area contributed by atoms with E-state index in [1.165, 1.54) is 0 Å². The second-order valence-electron chi connectivity index (χ2n) is 10.1. The number of fused-ring (bicyclic) bond motifs is 3. The molecule has 0 amide bonds. The summed E-state index contributed by atoms with van der Waals surface area (Å²) in [5.41, 5.74) is 5.08. The van der Waals surface area contributed by atoms with Crippen molar-refractivity contribution in [2.45, 2.75) is 38.9 Å². The summed E-state index contributed by atoms with van der Waals surface area (Å²) in [5.74, 6) is 0. The van der Waals surface area contributed by atoms with E-state index in [1.807, 2.05) is 24.3 Å². The van der Waals surface area contributed by atoms with Gasteiger partial charge >= 0.3 is 7.12 Å². The largest absolute Gasteiger partial charge is 0.495 e. The summed E-state index contributed by atoms with van der Waals surface area (Å²) < 4.78 is 19.1. The van der Waals surface area contributed by atoms with Crippen LogP contribution in [-0.2, 0) is 9.31 Å². The average molecular weight is 461 g/mol. The summed E-state index contributed by atoms with van der Waals surface area (Å²) in [6, 6.07) is 33.3. The number of hydrogen-bond donors (Lipinski definition) is 0. The maximum atomic E-state index is 6.42. The van der Waals surface area contributed by atoms with Crippen LogP contribution in [0.4, 0.5) is 17.1 Å². The first-order chi connectivity index (χ1) is 16.8. The molecule has 174 valence electrons. The molecule has 0 N–H and O–H groups in total. The van der Waals surface area contributed by atoms with E-state index >= 15 is 0 Å². The lowest BCUT2D eigenvalue weighted by Gasteiger charge is -2.32. The Kier molecular flexibility index (Phi) is 5.03. The molecule has 2 heterocycles. The zero-order chi connectivity index (χ0) is 24.2. The zero-order valence-electron chi connectivity index (χ0n) is 20.5. The van der Waals surface area contributed by atoms with Crippen molar-refractivity contribution in [1.29, 1.82) is 0 Å². The Morgan fingerprint density at radius 3 is 1.80 bits per heavy atom. The highest BCUT2D eigenvalue weighted by Crippen LogP contribution is 2.40. The lowest BCUT2D eigenvalue weighted by molar-refractivity contribution is 0.00578. The topological polar surface area (TPSA) is 34.8 Å². The molecule has 1 fully saturated rings. The Balaban J connectivity index is 1.54. The fourth-order valence-electron chi connectivity index (χ4n) is 4.75. The van der Waals surface area contributed by atoms with Crippen molar-refractivity contribution in [2.75, 3.05) is 4.90 Å². The number of rotatable bonds is 4. The first kappa shape index (κ1) is 22.0.